The topological polar surface area (TPSA) is 64.1 Å². The summed E-state index contributed by atoms with van der Waals surface area (Å²) in [5.74, 6) is 0.399. The van der Waals surface area contributed by atoms with E-state index in [1.54, 1.807) is 23.5 Å². The van der Waals surface area contributed by atoms with E-state index in [2.05, 4.69) is 15.5 Å². The van der Waals surface area contributed by atoms with Crippen LogP contribution in [-0.2, 0) is 4.79 Å². The summed E-state index contributed by atoms with van der Waals surface area (Å²) in [6.07, 6.45) is 0. The van der Waals surface area contributed by atoms with Gasteiger partial charge >= 0.3 is 0 Å². The van der Waals surface area contributed by atoms with Crippen molar-refractivity contribution in [3.05, 3.63) is 47.2 Å². The molecule has 0 radical (unpaired) electrons. The Morgan fingerprint density at radius 2 is 2.05 bits per heavy atom. The van der Waals surface area contributed by atoms with Crippen molar-refractivity contribution in [2.75, 3.05) is 11.9 Å². The van der Waals surface area contributed by atoms with Crippen LogP contribution in [0.15, 0.2) is 47.2 Å². The van der Waals surface area contributed by atoms with Crippen LogP contribution in [0.3, 0.4) is 0 Å². The largest absolute Gasteiger partial charge is 0.484 e. The Labute approximate surface area is 129 Å². The first-order valence-corrected chi connectivity index (χ1v) is 7.91. The molecule has 0 unspecified atom stereocenters. The number of hydrogen-bond donors (Lipinski definition) is 1. The average molecular weight is 317 g/mol. The van der Waals surface area contributed by atoms with E-state index in [9.17, 15) is 4.79 Å². The maximum atomic E-state index is 11.8. The van der Waals surface area contributed by atoms with E-state index in [0.29, 0.717) is 10.9 Å². The summed E-state index contributed by atoms with van der Waals surface area (Å²) in [6, 6.07) is 11.2. The average Bonchev–Trinajstić information content (AvgIpc) is 3.17. The van der Waals surface area contributed by atoms with Gasteiger partial charge in [-0.25, -0.2) is 0 Å². The fraction of sp³-hybridized carbons (Fsp3) is 0.0714. The lowest BCUT2D eigenvalue weighted by Gasteiger charge is -2.04. The van der Waals surface area contributed by atoms with Gasteiger partial charge in [0.05, 0.1) is 0 Å². The van der Waals surface area contributed by atoms with Crippen LogP contribution in [0.4, 0.5) is 5.13 Å². The molecular weight excluding hydrogens is 306 g/mol. The number of carbonyl (C=O) groups excluding carboxylic acids is 1. The number of thiophene rings is 1. The van der Waals surface area contributed by atoms with Crippen LogP contribution in [0.1, 0.15) is 0 Å². The van der Waals surface area contributed by atoms with E-state index in [1.165, 1.54) is 11.3 Å². The number of nitrogens with one attached hydrogen (secondary N) is 1. The minimum atomic E-state index is -0.258. The van der Waals surface area contributed by atoms with Gasteiger partial charge in [0.25, 0.3) is 5.91 Å². The quantitative estimate of drug-likeness (QED) is 0.784. The molecule has 1 aromatic carbocycles. The number of anilines is 1. The van der Waals surface area contributed by atoms with Crippen LogP contribution < -0.4 is 10.1 Å². The smallest absolute Gasteiger partial charge is 0.264 e. The molecule has 1 amide bonds. The van der Waals surface area contributed by atoms with Crippen molar-refractivity contribution in [2.24, 2.45) is 0 Å². The van der Waals surface area contributed by atoms with Gasteiger partial charge < -0.3 is 4.74 Å². The first kappa shape index (κ1) is 13.7. The normalized spacial score (nSPS) is 10.3. The predicted molar refractivity (Wildman–Crippen MR) is 83.8 cm³/mol. The molecule has 0 spiro atoms. The van der Waals surface area contributed by atoms with Crippen LogP contribution in [0, 0.1) is 0 Å². The summed E-state index contributed by atoms with van der Waals surface area (Å²) >= 11 is 2.93. The van der Waals surface area contributed by atoms with Gasteiger partial charge in [-0.15, -0.1) is 10.2 Å². The number of aromatic nitrogens is 2. The molecule has 106 valence electrons. The Morgan fingerprint density at radius 1 is 1.19 bits per heavy atom. The van der Waals surface area contributed by atoms with Gasteiger partial charge in [-0.05, 0) is 23.6 Å². The van der Waals surface area contributed by atoms with E-state index < -0.39 is 0 Å². The third-order valence-corrected chi connectivity index (χ3v) is 4.12. The maximum absolute atomic E-state index is 11.8. The van der Waals surface area contributed by atoms with Crippen molar-refractivity contribution in [3.8, 4) is 16.3 Å². The monoisotopic (exact) mass is 317 g/mol. The van der Waals surface area contributed by atoms with E-state index >= 15 is 0 Å². The fourth-order valence-electron chi connectivity index (χ4n) is 1.60. The predicted octanol–water partition coefficient (Wildman–Crippen LogP) is 3.28. The molecule has 0 saturated carbocycles. The molecule has 2 aromatic heterocycles. The molecule has 0 aliphatic carbocycles. The van der Waals surface area contributed by atoms with Crippen LogP contribution in [-0.4, -0.2) is 22.7 Å². The molecule has 0 atom stereocenters. The second-order valence-electron chi connectivity index (χ2n) is 4.07. The van der Waals surface area contributed by atoms with Crippen molar-refractivity contribution in [1.29, 1.82) is 0 Å². The van der Waals surface area contributed by atoms with Gasteiger partial charge in [0.2, 0.25) is 5.13 Å². The van der Waals surface area contributed by atoms with Crippen LogP contribution in [0.25, 0.3) is 10.6 Å². The zero-order chi connectivity index (χ0) is 14.5. The molecule has 0 bridgehead atoms. The number of nitrogens with zero attached hydrogens (tertiary/aromatic N) is 2. The lowest BCUT2D eigenvalue weighted by molar-refractivity contribution is -0.118. The van der Waals surface area contributed by atoms with Crippen molar-refractivity contribution in [1.82, 2.24) is 10.2 Å². The van der Waals surface area contributed by atoms with Gasteiger partial charge in [-0.2, -0.15) is 11.3 Å². The standard InChI is InChI=1S/C14H11N3O2S2/c18-12(8-19-11-4-2-1-3-5-11)15-14-17-16-13(21-14)10-6-7-20-9-10/h1-7,9H,8H2,(H,15,17,18). The number of amides is 1. The van der Waals surface area contributed by atoms with Gasteiger partial charge in [-0.1, -0.05) is 29.5 Å². The molecule has 0 aliphatic heterocycles. The summed E-state index contributed by atoms with van der Waals surface area (Å²) in [5, 5.41) is 15.9. The Hall–Kier alpha value is -2.25. The summed E-state index contributed by atoms with van der Waals surface area (Å²) in [4.78, 5) is 11.8. The SMILES string of the molecule is O=C(COc1ccccc1)Nc1nnc(-c2ccsc2)s1. The van der Waals surface area contributed by atoms with E-state index in [4.69, 9.17) is 4.74 Å². The number of hydrogen-bond acceptors (Lipinski definition) is 6. The molecule has 5 nitrogen and oxygen atoms in total. The Kier molecular flexibility index (Phi) is 4.23. The van der Waals surface area contributed by atoms with E-state index in [0.717, 1.165) is 10.6 Å². The molecule has 3 rings (SSSR count). The molecule has 21 heavy (non-hydrogen) atoms. The third-order valence-electron chi connectivity index (χ3n) is 2.55. The minimum Gasteiger partial charge on any atom is -0.484 e. The number of benzene rings is 1. The molecule has 0 aliphatic rings. The van der Waals surface area contributed by atoms with Crippen molar-refractivity contribution >= 4 is 33.7 Å². The number of rotatable bonds is 5. The third kappa shape index (κ3) is 3.65. The van der Waals surface area contributed by atoms with Crippen molar-refractivity contribution in [3.63, 3.8) is 0 Å². The zero-order valence-electron chi connectivity index (χ0n) is 10.9. The lowest BCUT2D eigenvalue weighted by Crippen LogP contribution is -2.20. The summed E-state index contributed by atoms with van der Waals surface area (Å²) in [6.45, 7) is -0.0582. The molecule has 1 N–H and O–H groups in total. The maximum Gasteiger partial charge on any atom is 0.264 e. The van der Waals surface area contributed by atoms with Gasteiger partial charge in [0.15, 0.2) is 6.61 Å². The van der Waals surface area contributed by atoms with Crippen LogP contribution in [0.2, 0.25) is 0 Å². The highest BCUT2D eigenvalue weighted by molar-refractivity contribution is 7.19. The first-order valence-electron chi connectivity index (χ1n) is 6.15. The molecule has 3 aromatic rings. The summed E-state index contributed by atoms with van der Waals surface area (Å²) in [7, 11) is 0. The molecular formula is C14H11N3O2S2. The van der Waals surface area contributed by atoms with Gasteiger partial charge in [0.1, 0.15) is 10.8 Å². The highest BCUT2D eigenvalue weighted by Crippen LogP contribution is 2.27. The van der Waals surface area contributed by atoms with Gasteiger partial charge in [-0.3, -0.25) is 10.1 Å². The highest BCUT2D eigenvalue weighted by atomic mass is 32.1. The number of carbonyl (C=O) groups is 1. The fourth-order valence-corrected chi connectivity index (χ4v) is 3.07. The van der Waals surface area contributed by atoms with E-state index in [-0.39, 0.29) is 12.5 Å². The van der Waals surface area contributed by atoms with Crippen molar-refractivity contribution < 1.29 is 9.53 Å². The zero-order valence-corrected chi connectivity index (χ0v) is 12.5. The summed E-state index contributed by atoms with van der Waals surface area (Å²) < 4.78 is 5.37. The summed E-state index contributed by atoms with van der Waals surface area (Å²) in [5.41, 5.74) is 1.01. The second kappa shape index (κ2) is 6.47. The molecule has 7 heteroatoms. The Balaban J connectivity index is 1.55. The van der Waals surface area contributed by atoms with Crippen LogP contribution >= 0.6 is 22.7 Å². The highest BCUT2D eigenvalue weighted by Gasteiger charge is 2.10. The molecule has 0 saturated heterocycles. The Bertz CT molecular complexity index is 711. The molecule has 2 heterocycles. The second-order valence-corrected chi connectivity index (χ2v) is 5.83. The number of ether oxygens (including phenoxy) is 1. The van der Waals surface area contributed by atoms with Crippen molar-refractivity contribution in [2.45, 2.75) is 0 Å². The van der Waals surface area contributed by atoms with Gasteiger partial charge in [0, 0.05) is 10.9 Å². The number of para-hydroxylation sites is 1. The Morgan fingerprint density at radius 3 is 2.81 bits per heavy atom. The lowest BCUT2D eigenvalue weighted by atomic mass is 10.3. The molecule has 0 fully saturated rings. The minimum absolute atomic E-state index is 0.0582. The first-order chi connectivity index (χ1) is 10.3. The van der Waals surface area contributed by atoms with Crippen LogP contribution in [0.5, 0.6) is 5.75 Å². The van der Waals surface area contributed by atoms with E-state index in [1.807, 2.05) is 35.0 Å².